The third kappa shape index (κ3) is 2.76. The molecule has 0 spiro atoms. The van der Waals surface area contributed by atoms with Gasteiger partial charge in [-0.05, 0) is 19.8 Å². The summed E-state index contributed by atoms with van der Waals surface area (Å²) in [4.78, 5) is 15.8. The van der Waals surface area contributed by atoms with Crippen molar-refractivity contribution in [2.24, 2.45) is 0 Å². The summed E-state index contributed by atoms with van der Waals surface area (Å²) in [5, 5.41) is 5.91. The quantitative estimate of drug-likeness (QED) is 0.773. The molecule has 1 saturated carbocycles. The summed E-state index contributed by atoms with van der Waals surface area (Å²) in [5.74, 6) is -0.223. The predicted molar refractivity (Wildman–Crippen MR) is 57.6 cm³/mol. The molecule has 1 N–H and O–H groups in total. The van der Waals surface area contributed by atoms with Crippen molar-refractivity contribution in [3.05, 3.63) is 16.6 Å². The van der Waals surface area contributed by atoms with Gasteiger partial charge in [0.2, 0.25) is 0 Å². The molecular formula is C10H14N2O2S. The second-order valence-corrected chi connectivity index (χ2v) is 4.42. The molecule has 0 aliphatic heterocycles. The molecule has 4 nitrogen and oxygen atoms in total. The van der Waals surface area contributed by atoms with Crippen LogP contribution in [-0.2, 0) is 9.53 Å². The number of thiazole rings is 1. The zero-order valence-electron chi connectivity index (χ0n) is 8.60. The predicted octanol–water partition coefficient (Wildman–Crippen LogP) is 1.50. The topological polar surface area (TPSA) is 51.2 Å². The highest BCUT2D eigenvalue weighted by Crippen LogP contribution is 2.25. The maximum absolute atomic E-state index is 11.7. The Balaban J connectivity index is 2.04. The van der Waals surface area contributed by atoms with E-state index >= 15 is 0 Å². The van der Waals surface area contributed by atoms with Gasteiger partial charge in [-0.2, -0.15) is 0 Å². The minimum absolute atomic E-state index is 0.223. The van der Waals surface area contributed by atoms with E-state index in [0.717, 1.165) is 17.8 Å². The Morgan fingerprint density at radius 1 is 1.80 bits per heavy atom. The first-order chi connectivity index (χ1) is 7.31. The van der Waals surface area contributed by atoms with E-state index in [9.17, 15) is 4.79 Å². The fraction of sp³-hybridized carbons (Fsp3) is 0.600. The van der Waals surface area contributed by atoms with E-state index < -0.39 is 0 Å². The Labute approximate surface area is 92.7 Å². The average Bonchev–Trinajstić information content (AvgIpc) is 2.88. The van der Waals surface area contributed by atoms with Crippen LogP contribution in [0.2, 0.25) is 0 Å². The lowest BCUT2D eigenvalue weighted by Gasteiger charge is -2.14. The van der Waals surface area contributed by atoms with Crippen LogP contribution in [-0.4, -0.2) is 23.6 Å². The molecule has 1 fully saturated rings. The summed E-state index contributed by atoms with van der Waals surface area (Å²) >= 11 is 1.48. The fourth-order valence-electron chi connectivity index (χ4n) is 1.33. The minimum Gasteiger partial charge on any atom is -0.465 e. The Hall–Kier alpha value is -0.940. The van der Waals surface area contributed by atoms with Crippen LogP contribution in [0.5, 0.6) is 0 Å². The Bertz CT molecular complexity index is 322. The van der Waals surface area contributed by atoms with Crippen molar-refractivity contribution in [3.8, 4) is 0 Å². The van der Waals surface area contributed by atoms with Gasteiger partial charge in [-0.25, -0.2) is 9.78 Å². The Kier molecular flexibility index (Phi) is 3.33. The molecule has 0 saturated heterocycles. The highest BCUT2D eigenvalue weighted by atomic mass is 32.1. The van der Waals surface area contributed by atoms with Crippen LogP contribution < -0.4 is 5.32 Å². The average molecular weight is 226 g/mol. The second kappa shape index (κ2) is 4.72. The zero-order valence-corrected chi connectivity index (χ0v) is 9.42. The van der Waals surface area contributed by atoms with Crippen molar-refractivity contribution in [1.82, 2.24) is 10.3 Å². The van der Waals surface area contributed by atoms with E-state index in [4.69, 9.17) is 4.74 Å². The summed E-state index contributed by atoms with van der Waals surface area (Å²) in [6.07, 6.45) is 3.99. The standard InChI is InChI=1S/C10H14N2O2S/c1-2-14-10(13)8(12-7-3-4-7)9-11-5-6-15-9/h5-8,12H,2-4H2,1H3. The first kappa shape index (κ1) is 10.6. The summed E-state index contributed by atoms with van der Waals surface area (Å²) in [7, 11) is 0. The van der Waals surface area contributed by atoms with E-state index in [1.807, 2.05) is 12.3 Å². The van der Waals surface area contributed by atoms with Crippen LogP contribution in [0.3, 0.4) is 0 Å². The molecule has 0 radical (unpaired) electrons. The van der Waals surface area contributed by atoms with Gasteiger partial charge in [0, 0.05) is 17.6 Å². The highest BCUT2D eigenvalue weighted by Gasteiger charge is 2.31. The van der Waals surface area contributed by atoms with Gasteiger partial charge >= 0.3 is 5.97 Å². The minimum atomic E-state index is -0.377. The molecule has 82 valence electrons. The molecule has 1 aliphatic carbocycles. The molecule has 1 aromatic heterocycles. The third-order valence-electron chi connectivity index (χ3n) is 2.20. The van der Waals surface area contributed by atoms with Gasteiger partial charge in [0.25, 0.3) is 0 Å². The van der Waals surface area contributed by atoms with Crippen molar-refractivity contribution in [1.29, 1.82) is 0 Å². The molecular weight excluding hydrogens is 212 g/mol. The van der Waals surface area contributed by atoms with Crippen molar-refractivity contribution in [2.75, 3.05) is 6.61 Å². The lowest BCUT2D eigenvalue weighted by molar-refractivity contribution is -0.145. The van der Waals surface area contributed by atoms with E-state index in [-0.39, 0.29) is 12.0 Å². The molecule has 15 heavy (non-hydrogen) atoms. The van der Waals surface area contributed by atoms with Gasteiger partial charge in [-0.3, -0.25) is 5.32 Å². The number of carbonyl (C=O) groups is 1. The van der Waals surface area contributed by atoms with Gasteiger partial charge < -0.3 is 4.74 Å². The summed E-state index contributed by atoms with van der Waals surface area (Å²) in [6, 6.07) is 0.0840. The number of esters is 1. The maximum atomic E-state index is 11.7. The fourth-order valence-corrected chi connectivity index (χ4v) is 2.01. The normalized spacial score (nSPS) is 17.4. The van der Waals surface area contributed by atoms with Crippen LogP contribution in [0.1, 0.15) is 30.8 Å². The van der Waals surface area contributed by atoms with Gasteiger partial charge in [0.15, 0.2) is 6.04 Å². The summed E-state index contributed by atoms with van der Waals surface area (Å²) in [5.41, 5.74) is 0. The molecule has 1 unspecified atom stereocenters. The first-order valence-electron chi connectivity index (χ1n) is 5.13. The SMILES string of the molecule is CCOC(=O)C(NC1CC1)c1nccs1. The van der Waals surface area contributed by atoms with Crippen LogP contribution in [0, 0.1) is 0 Å². The summed E-state index contributed by atoms with van der Waals surface area (Å²) in [6.45, 7) is 2.22. The maximum Gasteiger partial charge on any atom is 0.330 e. The van der Waals surface area contributed by atoms with Crippen molar-refractivity contribution < 1.29 is 9.53 Å². The van der Waals surface area contributed by atoms with Crippen molar-refractivity contribution >= 4 is 17.3 Å². The number of carbonyl (C=O) groups excluding carboxylic acids is 1. The van der Waals surface area contributed by atoms with E-state index in [1.165, 1.54) is 11.3 Å². The molecule has 1 atom stereocenters. The molecule has 1 heterocycles. The molecule has 1 aromatic rings. The van der Waals surface area contributed by atoms with Crippen molar-refractivity contribution in [2.45, 2.75) is 31.8 Å². The second-order valence-electron chi connectivity index (χ2n) is 3.50. The number of nitrogens with one attached hydrogen (secondary N) is 1. The number of hydrogen-bond acceptors (Lipinski definition) is 5. The first-order valence-corrected chi connectivity index (χ1v) is 6.01. The van der Waals surface area contributed by atoms with Crippen LogP contribution in [0.4, 0.5) is 0 Å². The molecule has 5 heteroatoms. The Morgan fingerprint density at radius 3 is 3.13 bits per heavy atom. The molecule has 0 aromatic carbocycles. The molecule has 0 bridgehead atoms. The Morgan fingerprint density at radius 2 is 2.60 bits per heavy atom. The highest BCUT2D eigenvalue weighted by molar-refractivity contribution is 7.09. The van der Waals surface area contributed by atoms with Gasteiger partial charge in [-0.1, -0.05) is 0 Å². The number of nitrogens with zero attached hydrogens (tertiary/aromatic N) is 1. The number of ether oxygens (including phenoxy) is 1. The van der Waals surface area contributed by atoms with E-state index in [0.29, 0.717) is 12.6 Å². The summed E-state index contributed by atoms with van der Waals surface area (Å²) < 4.78 is 5.02. The van der Waals surface area contributed by atoms with E-state index in [2.05, 4.69) is 10.3 Å². The van der Waals surface area contributed by atoms with Crippen molar-refractivity contribution in [3.63, 3.8) is 0 Å². The monoisotopic (exact) mass is 226 g/mol. The lowest BCUT2D eigenvalue weighted by atomic mass is 10.3. The number of rotatable bonds is 5. The largest absolute Gasteiger partial charge is 0.465 e. The smallest absolute Gasteiger partial charge is 0.330 e. The van der Waals surface area contributed by atoms with Crippen LogP contribution in [0.25, 0.3) is 0 Å². The number of aromatic nitrogens is 1. The van der Waals surface area contributed by atoms with Crippen LogP contribution >= 0.6 is 11.3 Å². The van der Waals surface area contributed by atoms with Gasteiger partial charge in [0.05, 0.1) is 6.61 Å². The lowest BCUT2D eigenvalue weighted by Crippen LogP contribution is -2.31. The van der Waals surface area contributed by atoms with Crippen LogP contribution in [0.15, 0.2) is 11.6 Å². The zero-order chi connectivity index (χ0) is 10.7. The van der Waals surface area contributed by atoms with Gasteiger partial charge in [0.1, 0.15) is 5.01 Å². The molecule has 0 amide bonds. The third-order valence-corrected chi connectivity index (χ3v) is 3.04. The molecule has 1 aliphatic rings. The number of hydrogen-bond donors (Lipinski definition) is 1. The molecule has 2 rings (SSSR count). The van der Waals surface area contributed by atoms with E-state index in [1.54, 1.807) is 6.20 Å². The van der Waals surface area contributed by atoms with Gasteiger partial charge in [-0.15, -0.1) is 11.3 Å².